The molecule has 0 amide bonds. The molecule has 0 fully saturated rings. The molecule has 2 N–H and O–H groups in total. The Hall–Kier alpha value is -0.803. The Labute approximate surface area is 87.2 Å². The van der Waals surface area contributed by atoms with Gasteiger partial charge in [0.15, 0.2) is 0 Å². The summed E-state index contributed by atoms with van der Waals surface area (Å²) >= 11 is 0. The Balaban J connectivity index is 2.96. The van der Waals surface area contributed by atoms with Crippen molar-refractivity contribution in [3.8, 4) is 5.75 Å². The molecule has 0 saturated heterocycles. The fourth-order valence-electron chi connectivity index (χ4n) is 1.28. The largest absolute Gasteiger partial charge is 0.544 e. The van der Waals surface area contributed by atoms with E-state index in [-0.39, 0.29) is 6.04 Å². The second-order valence-corrected chi connectivity index (χ2v) is 8.97. The van der Waals surface area contributed by atoms with Gasteiger partial charge in [-0.3, -0.25) is 0 Å². The Morgan fingerprint density at radius 3 is 2.29 bits per heavy atom. The van der Waals surface area contributed by atoms with Crippen molar-refractivity contribution in [2.75, 3.05) is 0 Å². The maximum Gasteiger partial charge on any atom is 0.242 e. The summed E-state index contributed by atoms with van der Waals surface area (Å²) in [5.41, 5.74) is 6.96. The molecule has 78 valence electrons. The number of nitrogens with two attached hydrogens (primary N) is 1. The first kappa shape index (κ1) is 11.3. The molecule has 1 aromatic rings. The van der Waals surface area contributed by atoms with Crippen LogP contribution in [0.5, 0.6) is 5.75 Å². The van der Waals surface area contributed by atoms with Crippen molar-refractivity contribution in [2.45, 2.75) is 32.6 Å². The van der Waals surface area contributed by atoms with Crippen LogP contribution in [0, 0.1) is 0 Å². The van der Waals surface area contributed by atoms with E-state index in [1.54, 1.807) is 0 Å². The zero-order chi connectivity index (χ0) is 10.8. The highest BCUT2D eigenvalue weighted by molar-refractivity contribution is 6.70. The molecule has 14 heavy (non-hydrogen) atoms. The first-order valence-corrected chi connectivity index (χ1v) is 8.34. The zero-order valence-corrected chi connectivity index (χ0v) is 10.4. The van der Waals surface area contributed by atoms with Gasteiger partial charge in [-0.05, 0) is 32.6 Å². The maximum absolute atomic E-state index is 5.95. The zero-order valence-electron chi connectivity index (χ0n) is 9.37. The maximum atomic E-state index is 5.95. The number of para-hydroxylation sites is 1. The van der Waals surface area contributed by atoms with Crippen molar-refractivity contribution in [2.24, 2.45) is 5.73 Å². The van der Waals surface area contributed by atoms with E-state index in [4.69, 9.17) is 10.2 Å². The van der Waals surface area contributed by atoms with Gasteiger partial charge in [0.05, 0.1) is 0 Å². The fraction of sp³-hybridized carbons (Fsp3) is 0.455. The smallest absolute Gasteiger partial charge is 0.242 e. The van der Waals surface area contributed by atoms with Gasteiger partial charge in [-0.15, -0.1) is 0 Å². The first-order chi connectivity index (χ1) is 6.40. The van der Waals surface area contributed by atoms with Crippen LogP contribution >= 0.6 is 0 Å². The summed E-state index contributed by atoms with van der Waals surface area (Å²) in [5, 5.41) is 0. The predicted octanol–water partition coefficient (Wildman–Crippen LogP) is 2.92. The van der Waals surface area contributed by atoms with E-state index in [1.807, 2.05) is 31.2 Å². The van der Waals surface area contributed by atoms with Gasteiger partial charge in [0.1, 0.15) is 5.75 Å². The van der Waals surface area contributed by atoms with Crippen LogP contribution in [0.3, 0.4) is 0 Å². The van der Waals surface area contributed by atoms with E-state index in [0.29, 0.717) is 0 Å². The van der Waals surface area contributed by atoms with Gasteiger partial charge < -0.3 is 10.2 Å². The monoisotopic (exact) mass is 209 g/mol. The fourth-order valence-corrected chi connectivity index (χ4v) is 2.13. The lowest BCUT2D eigenvalue weighted by atomic mass is 10.1. The average Bonchev–Trinajstić information content (AvgIpc) is 2.01. The van der Waals surface area contributed by atoms with Crippen LogP contribution in [0.2, 0.25) is 19.6 Å². The second-order valence-electron chi connectivity index (χ2n) is 4.54. The lowest BCUT2D eigenvalue weighted by Gasteiger charge is -2.22. The normalized spacial score (nSPS) is 13.8. The molecule has 0 heterocycles. The van der Waals surface area contributed by atoms with Crippen molar-refractivity contribution in [1.29, 1.82) is 0 Å². The molecule has 0 aliphatic rings. The van der Waals surface area contributed by atoms with Crippen molar-refractivity contribution in [3.05, 3.63) is 29.8 Å². The molecule has 1 rings (SSSR count). The molecule has 0 radical (unpaired) electrons. The summed E-state index contributed by atoms with van der Waals surface area (Å²) in [5.74, 6) is 0.946. The summed E-state index contributed by atoms with van der Waals surface area (Å²) < 4.78 is 5.95. The molecular formula is C11H19NOSi. The van der Waals surface area contributed by atoms with Gasteiger partial charge in [0.2, 0.25) is 8.32 Å². The SMILES string of the molecule is C[C@H](N)c1ccccc1O[Si](C)(C)C. The van der Waals surface area contributed by atoms with E-state index < -0.39 is 8.32 Å². The van der Waals surface area contributed by atoms with Crippen LogP contribution in [0.1, 0.15) is 18.5 Å². The minimum Gasteiger partial charge on any atom is -0.544 e. The van der Waals surface area contributed by atoms with Crippen molar-refractivity contribution < 1.29 is 4.43 Å². The van der Waals surface area contributed by atoms with Crippen LogP contribution in [0.4, 0.5) is 0 Å². The standard InChI is InChI=1S/C11H19NOSi/c1-9(12)10-7-5-6-8-11(10)13-14(2,3)4/h5-9H,12H2,1-4H3/t9-/m0/s1. The molecule has 0 aliphatic heterocycles. The van der Waals surface area contributed by atoms with Crippen molar-refractivity contribution >= 4 is 8.32 Å². The van der Waals surface area contributed by atoms with Crippen LogP contribution in [-0.4, -0.2) is 8.32 Å². The average molecular weight is 209 g/mol. The molecule has 0 unspecified atom stereocenters. The van der Waals surface area contributed by atoms with Crippen molar-refractivity contribution in [1.82, 2.24) is 0 Å². The third kappa shape index (κ3) is 3.16. The molecule has 0 bridgehead atoms. The van der Waals surface area contributed by atoms with Gasteiger partial charge in [-0.1, -0.05) is 18.2 Å². The Morgan fingerprint density at radius 2 is 1.79 bits per heavy atom. The van der Waals surface area contributed by atoms with Crippen molar-refractivity contribution in [3.63, 3.8) is 0 Å². The Bertz CT molecular complexity index is 304. The van der Waals surface area contributed by atoms with Gasteiger partial charge in [0.25, 0.3) is 0 Å². The first-order valence-electron chi connectivity index (χ1n) is 4.93. The molecule has 3 heteroatoms. The Kier molecular flexibility index (Phi) is 3.34. The third-order valence-electron chi connectivity index (χ3n) is 1.83. The van der Waals surface area contributed by atoms with E-state index in [0.717, 1.165) is 11.3 Å². The summed E-state index contributed by atoms with van der Waals surface area (Å²) in [6.07, 6.45) is 0. The van der Waals surface area contributed by atoms with Crippen LogP contribution < -0.4 is 10.2 Å². The van der Waals surface area contributed by atoms with Gasteiger partial charge in [0, 0.05) is 11.6 Å². The van der Waals surface area contributed by atoms with Gasteiger partial charge in [-0.2, -0.15) is 0 Å². The van der Waals surface area contributed by atoms with E-state index in [2.05, 4.69) is 19.6 Å². The number of benzene rings is 1. The quantitative estimate of drug-likeness (QED) is 0.777. The Morgan fingerprint density at radius 1 is 1.21 bits per heavy atom. The minimum absolute atomic E-state index is 0.0301. The summed E-state index contributed by atoms with van der Waals surface area (Å²) in [6.45, 7) is 8.49. The topological polar surface area (TPSA) is 35.2 Å². The summed E-state index contributed by atoms with van der Waals surface area (Å²) in [7, 11) is -1.53. The third-order valence-corrected chi connectivity index (χ3v) is 2.66. The van der Waals surface area contributed by atoms with Crippen LogP contribution in [-0.2, 0) is 0 Å². The second kappa shape index (κ2) is 4.15. The lowest BCUT2D eigenvalue weighted by molar-refractivity contribution is 0.542. The highest BCUT2D eigenvalue weighted by Crippen LogP contribution is 2.25. The van der Waals surface area contributed by atoms with Crippen LogP contribution in [0.15, 0.2) is 24.3 Å². The number of hydrogen-bond donors (Lipinski definition) is 1. The molecule has 1 atom stereocenters. The van der Waals surface area contributed by atoms with Gasteiger partial charge in [-0.25, -0.2) is 0 Å². The van der Waals surface area contributed by atoms with E-state index in [9.17, 15) is 0 Å². The summed E-state index contributed by atoms with van der Waals surface area (Å²) in [6, 6.07) is 8.04. The van der Waals surface area contributed by atoms with E-state index >= 15 is 0 Å². The number of rotatable bonds is 3. The minimum atomic E-state index is -1.53. The highest BCUT2D eigenvalue weighted by atomic mass is 28.4. The molecule has 2 nitrogen and oxygen atoms in total. The molecular weight excluding hydrogens is 190 g/mol. The van der Waals surface area contributed by atoms with E-state index in [1.165, 1.54) is 0 Å². The molecule has 0 saturated carbocycles. The predicted molar refractivity (Wildman–Crippen MR) is 63.0 cm³/mol. The summed E-state index contributed by atoms with van der Waals surface area (Å²) in [4.78, 5) is 0. The molecule has 0 aromatic heterocycles. The molecule has 0 spiro atoms. The van der Waals surface area contributed by atoms with Crippen LogP contribution in [0.25, 0.3) is 0 Å². The number of hydrogen-bond acceptors (Lipinski definition) is 2. The molecule has 0 aliphatic carbocycles. The lowest BCUT2D eigenvalue weighted by Crippen LogP contribution is -2.30. The highest BCUT2D eigenvalue weighted by Gasteiger charge is 2.18. The van der Waals surface area contributed by atoms with Gasteiger partial charge >= 0.3 is 0 Å². The molecule has 1 aromatic carbocycles.